The molecule has 3 aliphatic rings. The lowest BCUT2D eigenvalue weighted by Crippen LogP contribution is -2.50. The first-order valence-electron chi connectivity index (χ1n) is 14.6. The number of amides is 2. The molecule has 8 nitrogen and oxygen atoms in total. The van der Waals surface area contributed by atoms with E-state index in [-0.39, 0.29) is 35.7 Å². The third-order valence-electron chi connectivity index (χ3n) is 7.89. The van der Waals surface area contributed by atoms with E-state index in [1.54, 1.807) is 7.11 Å². The summed E-state index contributed by atoms with van der Waals surface area (Å²) in [5, 5.41) is 6.62. The molecular weight excluding hydrogens is 482 g/mol. The zero-order valence-electron chi connectivity index (χ0n) is 23.7. The second-order valence-electron chi connectivity index (χ2n) is 11.6. The highest BCUT2D eigenvalue weighted by molar-refractivity contribution is 5.83. The van der Waals surface area contributed by atoms with Gasteiger partial charge in [0, 0.05) is 44.4 Å². The fourth-order valence-electron chi connectivity index (χ4n) is 5.69. The standard InChI is InChI=1S/C30H47N3O5/c1-5-24(13-20(2)3)32-29(34)22-16-23(18-31-17-22)30(35)33(25-8-9-25)19-21-14-27-26(7-6-10-37-27)28(15-21)38-12-11-36-4/h14-15,20,22-25,31H,5-13,16-19H2,1-4H3,(H,32,34)/t22-,23+,24?/m0/s1. The number of fused-ring (bicyclic) bond motifs is 1. The summed E-state index contributed by atoms with van der Waals surface area (Å²) in [6, 6.07) is 4.60. The molecule has 8 heteroatoms. The quantitative estimate of drug-likeness (QED) is 0.379. The molecule has 1 aromatic carbocycles. The van der Waals surface area contributed by atoms with Gasteiger partial charge in [-0.05, 0) is 68.6 Å². The molecule has 0 spiro atoms. The Morgan fingerprint density at radius 2 is 1.97 bits per heavy atom. The van der Waals surface area contributed by atoms with Crippen LogP contribution in [0.1, 0.15) is 70.4 Å². The van der Waals surface area contributed by atoms with Crippen LogP contribution >= 0.6 is 0 Å². The number of piperidine rings is 1. The predicted molar refractivity (Wildman–Crippen MR) is 147 cm³/mol. The van der Waals surface area contributed by atoms with E-state index in [9.17, 15) is 9.59 Å². The molecule has 0 aromatic heterocycles. The van der Waals surface area contributed by atoms with E-state index in [0.29, 0.717) is 51.8 Å². The molecule has 4 rings (SSSR count). The van der Waals surface area contributed by atoms with Crippen LogP contribution in [0.25, 0.3) is 0 Å². The minimum Gasteiger partial charge on any atom is -0.493 e. The second-order valence-corrected chi connectivity index (χ2v) is 11.6. The van der Waals surface area contributed by atoms with Crippen LogP contribution in [0.2, 0.25) is 0 Å². The molecule has 212 valence electrons. The Morgan fingerprint density at radius 3 is 2.68 bits per heavy atom. The van der Waals surface area contributed by atoms with Crippen molar-refractivity contribution in [2.24, 2.45) is 17.8 Å². The molecule has 1 saturated carbocycles. The first-order chi connectivity index (χ1) is 18.4. The SMILES string of the molecule is CCC(CC(C)C)NC(=O)[C@@H]1CNC[C@H](C(=O)N(Cc2cc3c(c(OCCOC)c2)CCCO3)C2CC2)C1. The van der Waals surface area contributed by atoms with Crippen LogP contribution < -0.4 is 20.1 Å². The van der Waals surface area contributed by atoms with Crippen molar-refractivity contribution in [3.8, 4) is 11.5 Å². The Kier molecular flexibility index (Phi) is 10.3. The average Bonchev–Trinajstić information content (AvgIpc) is 3.76. The van der Waals surface area contributed by atoms with Crippen molar-refractivity contribution in [2.75, 3.05) is 40.0 Å². The molecule has 3 atom stereocenters. The fourth-order valence-corrected chi connectivity index (χ4v) is 5.69. The Morgan fingerprint density at radius 1 is 1.18 bits per heavy atom. The predicted octanol–water partition coefficient (Wildman–Crippen LogP) is 3.69. The summed E-state index contributed by atoms with van der Waals surface area (Å²) < 4.78 is 17.2. The highest BCUT2D eigenvalue weighted by Crippen LogP contribution is 2.37. The molecule has 2 N–H and O–H groups in total. The highest BCUT2D eigenvalue weighted by atomic mass is 16.5. The molecule has 1 aromatic rings. The van der Waals surface area contributed by atoms with Crippen LogP contribution in [0.5, 0.6) is 11.5 Å². The van der Waals surface area contributed by atoms with E-state index < -0.39 is 0 Å². The van der Waals surface area contributed by atoms with Gasteiger partial charge in [-0.15, -0.1) is 0 Å². The van der Waals surface area contributed by atoms with E-state index in [1.807, 2.05) is 4.90 Å². The number of methoxy groups -OCH3 is 1. The molecule has 0 bridgehead atoms. The average molecular weight is 530 g/mol. The van der Waals surface area contributed by atoms with Crippen LogP contribution in [-0.4, -0.2) is 68.8 Å². The molecule has 1 aliphatic carbocycles. The topological polar surface area (TPSA) is 89.1 Å². The maximum Gasteiger partial charge on any atom is 0.227 e. The number of hydrogen-bond acceptors (Lipinski definition) is 6. The Balaban J connectivity index is 1.44. The molecule has 1 unspecified atom stereocenters. The lowest BCUT2D eigenvalue weighted by molar-refractivity contribution is -0.138. The maximum absolute atomic E-state index is 13.8. The summed E-state index contributed by atoms with van der Waals surface area (Å²) in [5.74, 6) is 2.07. The van der Waals surface area contributed by atoms with Crippen molar-refractivity contribution in [1.29, 1.82) is 0 Å². The van der Waals surface area contributed by atoms with Gasteiger partial charge in [-0.25, -0.2) is 0 Å². The first-order valence-corrected chi connectivity index (χ1v) is 14.6. The number of rotatable bonds is 13. The number of hydrogen-bond donors (Lipinski definition) is 2. The normalized spacial score (nSPS) is 21.8. The molecule has 2 heterocycles. The van der Waals surface area contributed by atoms with Gasteiger partial charge >= 0.3 is 0 Å². The minimum absolute atomic E-state index is 0.0742. The van der Waals surface area contributed by atoms with E-state index in [4.69, 9.17) is 14.2 Å². The van der Waals surface area contributed by atoms with Gasteiger partial charge in [0.1, 0.15) is 18.1 Å². The number of nitrogens with one attached hydrogen (secondary N) is 2. The third-order valence-corrected chi connectivity index (χ3v) is 7.89. The van der Waals surface area contributed by atoms with Gasteiger partial charge in [0.15, 0.2) is 0 Å². The van der Waals surface area contributed by atoms with E-state index in [1.165, 1.54) is 0 Å². The molecule has 2 aliphatic heterocycles. The monoisotopic (exact) mass is 529 g/mol. The lowest BCUT2D eigenvalue weighted by atomic mass is 9.88. The van der Waals surface area contributed by atoms with Crippen LogP contribution in [0.4, 0.5) is 0 Å². The Bertz CT molecular complexity index is 948. The number of carbonyl (C=O) groups is 2. The molecule has 0 radical (unpaired) electrons. The Hall–Kier alpha value is -2.32. The molecular formula is C30H47N3O5. The summed E-state index contributed by atoms with van der Waals surface area (Å²) in [5.41, 5.74) is 2.13. The summed E-state index contributed by atoms with van der Waals surface area (Å²) in [6.07, 6.45) is 6.45. The van der Waals surface area contributed by atoms with Gasteiger partial charge in [0.05, 0.1) is 25.0 Å². The van der Waals surface area contributed by atoms with Gasteiger partial charge in [-0.2, -0.15) is 0 Å². The van der Waals surface area contributed by atoms with Gasteiger partial charge in [0.25, 0.3) is 0 Å². The van der Waals surface area contributed by atoms with Crippen LogP contribution in [0, 0.1) is 17.8 Å². The van der Waals surface area contributed by atoms with Gasteiger partial charge in [-0.1, -0.05) is 20.8 Å². The molecule has 2 fully saturated rings. The second kappa shape index (κ2) is 13.7. The zero-order chi connectivity index (χ0) is 27.1. The number of benzene rings is 1. The van der Waals surface area contributed by atoms with Gasteiger partial charge in [-0.3, -0.25) is 9.59 Å². The molecule has 38 heavy (non-hydrogen) atoms. The van der Waals surface area contributed by atoms with Crippen LogP contribution in [0.15, 0.2) is 12.1 Å². The van der Waals surface area contributed by atoms with Gasteiger partial charge < -0.3 is 29.7 Å². The molecule has 1 saturated heterocycles. The third kappa shape index (κ3) is 7.63. The minimum atomic E-state index is -0.198. The van der Waals surface area contributed by atoms with E-state index in [0.717, 1.165) is 61.2 Å². The van der Waals surface area contributed by atoms with E-state index in [2.05, 4.69) is 43.5 Å². The number of nitrogens with zero attached hydrogens (tertiary/aromatic N) is 1. The van der Waals surface area contributed by atoms with Crippen molar-refractivity contribution in [2.45, 2.75) is 84.3 Å². The van der Waals surface area contributed by atoms with Crippen molar-refractivity contribution in [3.05, 3.63) is 23.3 Å². The van der Waals surface area contributed by atoms with Crippen molar-refractivity contribution in [1.82, 2.24) is 15.5 Å². The van der Waals surface area contributed by atoms with Crippen LogP contribution in [0.3, 0.4) is 0 Å². The number of carbonyl (C=O) groups excluding carboxylic acids is 2. The lowest BCUT2D eigenvalue weighted by Gasteiger charge is -2.34. The zero-order valence-corrected chi connectivity index (χ0v) is 23.7. The summed E-state index contributed by atoms with van der Waals surface area (Å²) in [7, 11) is 1.67. The largest absolute Gasteiger partial charge is 0.493 e. The van der Waals surface area contributed by atoms with Gasteiger partial charge in [0.2, 0.25) is 11.8 Å². The number of ether oxygens (including phenoxy) is 3. The van der Waals surface area contributed by atoms with Crippen molar-refractivity contribution >= 4 is 11.8 Å². The first kappa shape index (κ1) is 28.7. The van der Waals surface area contributed by atoms with Crippen LogP contribution in [-0.2, 0) is 27.3 Å². The maximum atomic E-state index is 13.8. The van der Waals surface area contributed by atoms with Crippen molar-refractivity contribution < 1.29 is 23.8 Å². The molecule has 2 amide bonds. The summed E-state index contributed by atoms with van der Waals surface area (Å²) in [6.45, 7) is 9.95. The highest BCUT2D eigenvalue weighted by Gasteiger charge is 2.39. The smallest absolute Gasteiger partial charge is 0.227 e. The fraction of sp³-hybridized carbons (Fsp3) is 0.733. The van der Waals surface area contributed by atoms with E-state index >= 15 is 0 Å². The van der Waals surface area contributed by atoms with Crippen molar-refractivity contribution in [3.63, 3.8) is 0 Å². The Labute approximate surface area is 228 Å². The summed E-state index contributed by atoms with van der Waals surface area (Å²) >= 11 is 0. The summed E-state index contributed by atoms with van der Waals surface area (Å²) in [4.78, 5) is 29.0.